The number of rotatable bonds is 5. The van der Waals surface area contributed by atoms with Gasteiger partial charge in [-0.15, -0.1) is 0 Å². The molecule has 1 aromatic carbocycles. The van der Waals surface area contributed by atoms with Gasteiger partial charge in [-0.3, -0.25) is 0 Å². The molecular formula is C16H21NO2. The molecule has 3 heteroatoms. The van der Waals surface area contributed by atoms with Crippen LogP contribution in [0.15, 0.2) is 24.3 Å². The Morgan fingerprint density at radius 1 is 1.53 bits per heavy atom. The molecule has 0 aromatic heterocycles. The van der Waals surface area contributed by atoms with E-state index in [0.717, 1.165) is 29.5 Å². The van der Waals surface area contributed by atoms with Gasteiger partial charge in [-0.1, -0.05) is 13.0 Å². The van der Waals surface area contributed by atoms with Gasteiger partial charge in [0, 0.05) is 25.4 Å². The quantitative estimate of drug-likeness (QED) is 0.826. The molecule has 0 radical (unpaired) electrons. The van der Waals surface area contributed by atoms with Crippen LogP contribution in [0, 0.1) is 18.8 Å². The molecule has 0 amide bonds. The fourth-order valence-corrected chi connectivity index (χ4v) is 2.36. The summed E-state index contributed by atoms with van der Waals surface area (Å²) < 4.78 is 0. The van der Waals surface area contributed by atoms with Crippen molar-refractivity contribution in [1.29, 1.82) is 0 Å². The third-order valence-corrected chi connectivity index (χ3v) is 3.88. The monoisotopic (exact) mass is 259 g/mol. The summed E-state index contributed by atoms with van der Waals surface area (Å²) in [6.07, 6.45) is 4.16. The molecule has 0 aliphatic heterocycles. The van der Waals surface area contributed by atoms with E-state index in [1.54, 1.807) is 6.08 Å². The summed E-state index contributed by atoms with van der Waals surface area (Å²) in [7, 11) is 2.12. The van der Waals surface area contributed by atoms with Gasteiger partial charge in [0.15, 0.2) is 0 Å². The van der Waals surface area contributed by atoms with Crippen LogP contribution in [-0.4, -0.2) is 24.7 Å². The van der Waals surface area contributed by atoms with Crippen molar-refractivity contribution in [2.75, 3.05) is 18.5 Å². The Morgan fingerprint density at radius 2 is 2.21 bits per heavy atom. The van der Waals surface area contributed by atoms with E-state index in [0.29, 0.717) is 0 Å². The molecule has 1 aliphatic rings. The van der Waals surface area contributed by atoms with Crippen LogP contribution in [0.4, 0.5) is 5.69 Å². The van der Waals surface area contributed by atoms with E-state index in [9.17, 15) is 4.79 Å². The van der Waals surface area contributed by atoms with E-state index < -0.39 is 5.97 Å². The van der Waals surface area contributed by atoms with E-state index in [1.807, 2.05) is 13.0 Å². The van der Waals surface area contributed by atoms with Crippen LogP contribution < -0.4 is 4.90 Å². The Bertz CT molecular complexity index is 507. The molecule has 0 saturated heterocycles. The van der Waals surface area contributed by atoms with Crippen molar-refractivity contribution in [1.82, 2.24) is 0 Å². The molecule has 2 atom stereocenters. The van der Waals surface area contributed by atoms with Crippen molar-refractivity contribution in [3.8, 4) is 0 Å². The molecule has 0 bridgehead atoms. The van der Waals surface area contributed by atoms with Crippen molar-refractivity contribution in [3.63, 3.8) is 0 Å². The molecule has 1 aromatic rings. The van der Waals surface area contributed by atoms with E-state index in [1.165, 1.54) is 18.2 Å². The van der Waals surface area contributed by atoms with Crippen LogP contribution in [0.3, 0.4) is 0 Å². The Kier molecular flexibility index (Phi) is 3.93. The summed E-state index contributed by atoms with van der Waals surface area (Å²) in [6.45, 7) is 5.41. The zero-order chi connectivity index (χ0) is 14.0. The molecule has 1 aliphatic carbocycles. The lowest BCUT2D eigenvalue weighted by molar-refractivity contribution is -0.131. The first-order chi connectivity index (χ1) is 8.97. The van der Waals surface area contributed by atoms with Crippen LogP contribution in [0.2, 0.25) is 0 Å². The zero-order valence-corrected chi connectivity index (χ0v) is 11.8. The molecule has 2 rings (SSSR count). The Hall–Kier alpha value is -1.77. The standard InChI is InChI=1S/C16H21NO2/c1-11-8-14(11)10-17(3)15-6-4-13(12(2)9-15)5-7-16(18)19/h4-7,9,11,14H,8,10H2,1-3H3,(H,18,19). The van der Waals surface area contributed by atoms with Gasteiger partial charge in [0.1, 0.15) is 0 Å². The lowest BCUT2D eigenvalue weighted by atomic mass is 10.1. The molecule has 1 N–H and O–H groups in total. The van der Waals surface area contributed by atoms with Crippen LogP contribution >= 0.6 is 0 Å². The van der Waals surface area contributed by atoms with E-state index in [2.05, 4.69) is 31.0 Å². The van der Waals surface area contributed by atoms with Gasteiger partial charge < -0.3 is 10.0 Å². The van der Waals surface area contributed by atoms with Crippen LogP contribution in [0.25, 0.3) is 6.08 Å². The number of aliphatic carboxylic acids is 1. The van der Waals surface area contributed by atoms with Gasteiger partial charge in [0.05, 0.1) is 0 Å². The number of anilines is 1. The second kappa shape index (κ2) is 5.47. The Labute approximate surface area is 114 Å². The van der Waals surface area contributed by atoms with Crippen molar-refractivity contribution in [2.24, 2.45) is 11.8 Å². The average molecular weight is 259 g/mol. The molecule has 0 heterocycles. The number of benzene rings is 1. The van der Waals surface area contributed by atoms with Crippen LogP contribution in [0.5, 0.6) is 0 Å². The highest BCUT2D eigenvalue weighted by molar-refractivity contribution is 5.85. The maximum atomic E-state index is 10.5. The summed E-state index contributed by atoms with van der Waals surface area (Å²) >= 11 is 0. The number of aryl methyl sites for hydroxylation is 1. The Morgan fingerprint density at radius 3 is 2.74 bits per heavy atom. The summed E-state index contributed by atoms with van der Waals surface area (Å²) in [5.74, 6) is 0.779. The van der Waals surface area contributed by atoms with Gasteiger partial charge in [-0.05, 0) is 54.5 Å². The minimum atomic E-state index is -0.914. The molecule has 1 fully saturated rings. The summed E-state index contributed by atoms with van der Waals surface area (Å²) in [4.78, 5) is 12.8. The Balaban J connectivity index is 2.07. The number of hydrogen-bond acceptors (Lipinski definition) is 2. The third kappa shape index (κ3) is 3.60. The minimum Gasteiger partial charge on any atom is -0.478 e. The average Bonchev–Trinajstić information content (AvgIpc) is 3.03. The van der Waals surface area contributed by atoms with Gasteiger partial charge in [0.25, 0.3) is 0 Å². The van der Waals surface area contributed by atoms with Crippen LogP contribution in [-0.2, 0) is 4.79 Å². The SMILES string of the molecule is Cc1cc(N(C)CC2CC2C)ccc1C=CC(=O)O. The van der Waals surface area contributed by atoms with Gasteiger partial charge in [-0.25, -0.2) is 4.79 Å². The molecular weight excluding hydrogens is 238 g/mol. The first-order valence-electron chi connectivity index (χ1n) is 6.70. The topological polar surface area (TPSA) is 40.5 Å². The van der Waals surface area contributed by atoms with Crippen molar-refractivity contribution in [3.05, 3.63) is 35.4 Å². The lowest BCUT2D eigenvalue weighted by Gasteiger charge is -2.20. The number of carbonyl (C=O) groups is 1. The fourth-order valence-electron chi connectivity index (χ4n) is 2.36. The summed E-state index contributed by atoms with van der Waals surface area (Å²) in [5, 5.41) is 8.64. The molecule has 19 heavy (non-hydrogen) atoms. The first-order valence-corrected chi connectivity index (χ1v) is 6.70. The predicted octanol–water partition coefficient (Wildman–Crippen LogP) is 3.19. The normalized spacial score (nSPS) is 21.6. The maximum Gasteiger partial charge on any atom is 0.328 e. The van der Waals surface area contributed by atoms with Gasteiger partial charge in [0.2, 0.25) is 0 Å². The van der Waals surface area contributed by atoms with Crippen molar-refractivity contribution in [2.45, 2.75) is 20.3 Å². The molecule has 2 unspecified atom stereocenters. The number of carboxylic acid groups (broad SMARTS) is 1. The van der Waals surface area contributed by atoms with Crippen molar-refractivity contribution >= 4 is 17.7 Å². The largest absolute Gasteiger partial charge is 0.478 e. The number of hydrogen-bond donors (Lipinski definition) is 1. The maximum absolute atomic E-state index is 10.5. The zero-order valence-electron chi connectivity index (χ0n) is 11.8. The highest BCUT2D eigenvalue weighted by atomic mass is 16.4. The van der Waals surface area contributed by atoms with Gasteiger partial charge >= 0.3 is 5.97 Å². The van der Waals surface area contributed by atoms with Gasteiger partial charge in [-0.2, -0.15) is 0 Å². The second-order valence-corrected chi connectivity index (χ2v) is 5.57. The second-order valence-electron chi connectivity index (χ2n) is 5.57. The lowest BCUT2D eigenvalue weighted by Crippen LogP contribution is -2.20. The third-order valence-electron chi connectivity index (χ3n) is 3.88. The first kappa shape index (κ1) is 13.7. The van der Waals surface area contributed by atoms with E-state index >= 15 is 0 Å². The van der Waals surface area contributed by atoms with Crippen LogP contribution in [0.1, 0.15) is 24.5 Å². The summed E-state index contributed by atoms with van der Waals surface area (Å²) in [6, 6.07) is 6.16. The highest BCUT2D eigenvalue weighted by Gasteiger charge is 2.33. The number of nitrogens with zero attached hydrogens (tertiary/aromatic N) is 1. The molecule has 0 spiro atoms. The highest BCUT2D eigenvalue weighted by Crippen LogP contribution is 2.38. The summed E-state index contributed by atoms with van der Waals surface area (Å²) in [5.41, 5.74) is 3.26. The number of carboxylic acids is 1. The molecule has 1 saturated carbocycles. The fraction of sp³-hybridized carbons (Fsp3) is 0.438. The predicted molar refractivity (Wildman–Crippen MR) is 78.4 cm³/mol. The van der Waals surface area contributed by atoms with E-state index in [4.69, 9.17) is 5.11 Å². The van der Waals surface area contributed by atoms with E-state index in [-0.39, 0.29) is 0 Å². The molecule has 3 nitrogen and oxygen atoms in total. The smallest absolute Gasteiger partial charge is 0.328 e. The van der Waals surface area contributed by atoms with Crippen molar-refractivity contribution < 1.29 is 9.90 Å². The molecule has 102 valence electrons. The minimum absolute atomic E-state index is 0.830.